The van der Waals surface area contributed by atoms with Gasteiger partial charge in [0.05, 0.1) is 17.0 Å². The molecule has 0 atom stereocenters. The molecule has 1 amide bonds. The van der Waals surface area contributed by atoms with E-state index < -0.39 is 18.0 Å². The molecule has 7 heteroatoms. The van der Waals surface area contributed by atoms with Gasteiger partial charge in [0.25, 0.3) is 0 Å². The topological polar surface area (TPSA) is 84.9 Å². The van der Waals surface area contributed by atoms with E-state index in [1.165, 1.54) is 12.1 Å². The van der Waals surface area contributed by atoms with Crippen molar-refractivity contribution in [3.05, 3.63) is 23.2 Å². The Hall–Kier alpha value is -1.79. The number of hydrogen-bond donors (Lipinski definition) is 2. The molecular formula is C15H18ClNO5. The molecule has 0 aliphatic heterocycles. The highest BCUT2D eigenvalue weighted by Gasteiger charge is 2.44. The third-order valence-electron chi connectivity index (χ3n) is 3.75. The van der Waals surface area contributed by atoms with Gasteiger partial charge in [-0.1, -0.05) is 18.0 Å². The molecule has 1 aromatic rings. The molecule has 1 saturated carbocycles. The molecule has 0 saturated heterocycles. The minimum Gasteiger partial charge on any atom is -0.480 e. The van der Waals surface area contributed by atoms with Gasteiger partial charge in [-0.2, -0.15) is 0 Å². The van der Waals surface area contributed by atoms with E-state index in [1.54, 1.807) is 13.2 Å². The van der Waals surface area contributed by atoms with Crippen LogP contribution in [-0.4, -0.2) is 37.3 Å². The summed E-state index contributed by atoms with van der Waals surface area (Å²) < 4.78 is 10.2. The number of anilines is 1. The molecule has 2 N–H and O–H groups in total. The predicted octanol–water partition coefficient (Wildman–Crippen LogP) is 2.56. The number of nitrogens with one attached hydrogen (secondary N) is 1. The van der Waals surface area contributed by atoms with Gasteiger partial charge in [0.15, 0.2) is 6.61 Å². The molecule has 120 valence electrons. The van der Waals surface area contributed by atoms with Crippen molar-refractivity contribution in [2.75, 3.05) is 25.6 Å². The molecule has 6 nitrogen and oxygen atoms in total. The van der Waals surface area contributed by atoms with Crippen LogP contribution in [0.1, 0.15) is 19.3 Å². The van der Waals surface area contributed by atoms with Crippen LogP contribution >= 0.6 is 11.6 Å². The van der Waals surface area contributed by atoms with Crippen molar-refractivity contribution >= 4 is 29.2 Å². The summed E-state index contributed by atoms with van der Waals surface area (Å²) in [4.78, 5) is 22.8. The third kappa shape index (κ3) is 3.69. The van der Waals surface area contributed by atoms with E-state index in [0.29, 0.717) is 12.3 Å². The number of carbonyl (C=O) groups is 2. The Morgan fingerprint density at radius 1 is 1.41 bits per heavy atom. The minimum atomic E-state index is -1.08. The van der Waals surface area contributed by atoms with E-state index >= 15 is 0 Å². The number of carboxylic acids is 1. The van der Waals surface area contributed by atoms with Crippen LogP contribution in [-0.2, 0) is 14.3 Å². The smallest absolute Gasteiger partial charge is 0.341 e. The van der Waals surface area contributed by atoms with Gasteiger partial charge in [-0.25, -0.2) is 4.79 Å². The molecule has 2 rings (SSSR count). The molecule has 1 aliphatic rings. The molecule has 22 heavy (non-hydrogen) atoms. The Labute approximate surface area is 133 Å². The molecule has 0 unspecified atom stereocenters. The quantitative estimate of drug-likeness (QED) is 0.804. The maximum absolute atomic E-state index is 12.4. The SMILES string of the molecule is COCC1(C(=O)Nc2ccc(OCC(=O)O)c(Cl)c2)CCC1. The van der Waals surface area contributed by atoms with Gasteiger partial charge in [0.1, 0.15) is 5.75 Å². The largest absolute Gasteiger partial charge is 0.480 e. The zero-order chi connectivity index (χ0) is 16.2. The zero-order valence-corrected chi connectivity index (χ0v) is 13.0. The van der Waals surface area contributed by atoms with Crippen LogP contribution in [0.25, 0.3) is 0 Å². The Kier molecular flexibility index (Phi) is 5.26. The van der Waals surface area contributed by atoms with Gasteiger partial charge in [0, 0.05) is 12.8 Å². The maximum Gasteiger partial charge on any atom is 0.341 e. The van der Waals surface area contributed by atoms with Crippen LogP contribution in [0.5, 0.6) is 5.75 Å². The van der Waals surface area contributed by atoms with Crippen molar-refractivity contribution in [3.8, 4) is 5.75 Å². The van der Waals surface area contributed by atoms with Gasteiger partial charge in [-0.15, -0.1) is 0 Å². The second kappa shape index (κ2) is 6.98. The first kappa shape index (κ1) is 16.6. The number of hydrogen-bond acceptors (Lipinski definition) is 4. The Balaban J connectivity index is 2.02. The van der Waals surface area contributed by atoms with Crippen LogP contribution in [0.15, 0.2) is 18.2 Å². The first-order valence-corrected chi connectivity index (χ1v) is 7.29. The highest BCUT2D eigenvalue weighted by molar-refractivity contribution is 6.32. The average Bonchev–Trinajstić information content (AvgIpc) is 2.41. The number of amides is 1. The number of halogens is 1. The highest BCUT2D eigenvalue weighted by Crippen LogP contribution is 2.42. The summed E-state index contributed by atoms with van der Waals surface area (Å²) >= 11 is 6.03. The molecule has 0 spiro atoms. The lowest BCUT2D eigenvalue weighted by Crippen LogP contribution is -2.45. The summed E-state index contributed by atoms with van der Waals surface area (Å²) in [7, 11) is 1.58. The van der Waals surface area contributed by atoms with Gasteiger partial charge in [0.2, 0.25) is 5.91 Å². The number of ether oxygens (including phenoxy) is 2. The number of carbonyl (C=O) groups excluding carboxylic acids is 1. The van der Waals surface area contributed by atoms with Crippen molar-refractivity contribution in [1.29, 1.82) is 0 Å². The van der Waals surface area contributed by atoms with Crippen molar-refractivity contribution in [3.63, 3.8) is 0 Å². The lowest BCUT2D eigenvalue weighted by atomic mass is 9.68. The second-order valence-corrected chi connectivity index (χ2v) is 5.76. The van der Waals surface area contributed by atoms with Gasteiger partial charge < -0.3 is 19.9 Å². The fraction of sp³-hybridized carbons (Fsp3) is 0.467. The van der Waals surface area contributed by atoms with Crippen molar-refractivity contribution in [1.82, 2.24) is 0 Å². The zero-order valence-electron chi connectivity index (χ0n) is 12.2. The molecular weight excluding hydrogens is 310 g/mol. The van der Waals surface area contributed by atoms with Gasteiger partial charge >= 0.3 is 5.97 Å². The number of aliphatic carboxylic acids is 1. The van der Waals surface area contributed by atoms with Crippen molar-refractivity contribution < 1.29 is 24.2 Å². The van der Waals surface area contributed by atoms with Crippen LogP contribution in [0.4, 0.5) is 5.69 Å². The van der Waals surface area contributed by atoms with E-state index in [0.717, 1.165) is 19.3 Å². The lowest BCUT2D eigenvalue weighted by molar-refractivity contribution is -0.139. The second-order valence-electron chi connectivity index (χ2n) is 5.35. The minimum absolute atomic E-state index is 0.0872. The molecule has 1 fully saturated rings. The van der Waals surface area contributed by atoms with E-state index in [4.69, 9.17) is 26.2 Å². The number of carboxylic acid groups (broad SMARTS) is 1. The van der Waals surface area contributed by atoms with Crippen molar-refractivity contribution in [2.45, 2.75) is 19.3 Å². The van der Waals surface area contributed by atoms with E-state index in [9.17, 15) is 9.59 Å². The lowest BCUT2D eigenvalue weighted by Gasteiger charge is -2.39. The Morgan fingerprint density at radius 2 is 2.14 bits per heavy atom. The summed E-state index contributed by atoms with van der Waals surface area (Å²) in [6, 6.07) is 4.70. The van der Waals surface area contributed by atoms with Crippen molar-refractivity contribution in [2.24, 2.45) is 5.41 Å². The molecule has 1 aliphatic carbocycles. The van der Waals surface area contributed by atoms with Crippen LogP contribution in [0.3, 0.4) is 0 Å². The molecule has 0 aromatic heterocycles. The normalized spacial score (nSPS) is 15.7. The first-order chi connectivity index (χ1) is 10.5. The monoisotopic (exact) mass is 327 g/mol. The summed E-state index contributed by atoms with van der Waals surface area (Å²) in [5.74, 6) is -0.909. The van der Waals surface area contributed by atoms with Gasteiger partial charge in [-0.3, -0.25) is 4.79 Å². The Bertz CT molecular complexity index is 571. The standard InChI is InChI=1S/C15H18ClNO5/c1-21-9-15(5-2-6-15)14(20)17-10-3-4-12(11(16)7-10)22-8-13(18)19/h3-4,7H,2,5-6,8-9H2,1H3,(H,17,20)(H,18,19). The van der Waals surface area contributed by atoms with Gasteiger partial charge in [-0.05, 0) is 31.0 Å². The number of benzene rings is 1. The fourth-order valence-corrected chi connectivity index (χ4v) is 2.65. The average molecular weight is 328 g/mol. The van der Waals surface area contributed by atoms with E-state index in [1.807, 2.05) is 0 Å². The summed E-state index contributed by atoms with van der Waals surface area (Å²) in [6.07, 6.45) is 2.62. The fourth-order valence-electron chi connectivity index (χ4n) is 2.42. The maximum atomic E-state index is 12.4. The van der Waals surface area contributed by atoms with Crippen LogP contribution in [0.2, 0.25) is 5.02 Å². The van der Waals surface area contributed by atoms with Crippen LogP contribution < -0.4 is 10.1 Å². The summed E-state index contributed by atoms with van der Waals surface area (Å²) in [6.45, 7) is -0.0747. The molecule has 0 heterocycles. The van der Waals surface area contributed by atoms with E-state index in [2.05, 4.69) is 5.32 Å². The molecule has 0 radical (unpaired) electrons. The highest BCUT2D eigenvalue weighted by atomic mass is 35.5. The predicted molar refractivity (Wildman–Crippen MR) is 81.4 cm³/mol. The first-order valence-electron chi connectivity index (χ1n) is 6.91. The summed E-state index contributed by atoms with van der Waals surface area (Å²) in [5, 5.41) is 11.6. The summed E-state index contributed by atoms with van der Waals surface area (Å²) in [5.41, 5.74) is 0.0831. The third-order valence-corrected chi connectivity index (χ3v) is 4.05. The van der Waals surface area contributed by atoms with Crippen LogP contribution in [0, 0.1) is 5.41 Å². The molecule has 0 bridgehead atoms. The number of rotatable bonds is 7. The number of methoxy groups -OCH3 is 1. The van der Waals surface area contributed by atoms with E-state index in [-0.39, 0.29) is 16.7 Å². The molecule has 1 aromatic carbocycles. The Morgan fingerprint density at radius 3 is 2.64 bits per heavy atom.